The number of hydrogen-bond donors (Lipinski definition) is 1. The number of nitrogens with two attached hydrogens (primary N) is 1. The lowest BCUT2D eigenvalue weighted by Gasteiger charge is -2.17. The average molecular weight is 257 g/mol. The summed E-state index contributed by atoms with van der Waals surface area (Å²) in [4.78, 5) is 0. The molecule has 2 heteroatoms. The molecule has 0 heterocycles. The van der Waals surface area contributed by atoms with Crippen LogP contribution in [0.25, 0.3) is 11.1 Å². The standard InChI is InChI=1S/C17H20FN/c1-9-6-10(2)13(5)17(12(9)4)14-8-16(19)11(3)7-15(14)18/h6-8H,19H2,1-5H3. The van der Waals surface area contributed by atoms with Crippen LogP contribution in [0.15, 0.2) is 18.2 Å². The first kappa shape index (κ1) is 13.6. The summed E-state index contributed by atoms with van der Waals surface area (Å²) in [6, 6.07) is 5.41. The van der Waals surface area contributed by atoms with Crippen LogP contribution in [0.1, 0.15) is 27.8 Å². The van der Waals surface area contributed by atoms with E-state index in [0.717, 1.165) is 22.3 Å². The number of nitrogen functional groups attached to an aromatic ring is 1. The highest BCUT2D eigenvalue weighted by Crippen LogP contribution is 2.35. The molecule has 0 aromatic heterocycles. The fraction of sp³-hybridized carbons (Fsp3) is 0.294. The predicted molar refractivity (Wildman–Crippen MR) is 79.9 cm³/mol. The first-order chi connectivity index (χ1) is 8.82. The van der Waals surface area contributed by atoms with Gasteiger partial charge in [0.25, 0.3) is 0 Å². The lowest BCUT2D eigenvalue weighted by atomic mass is 9.89. The fourth-order valence-corrected chi connectivity index (χ4v) is 2.50. The van der Waals surface area contributed by atoms with Gasteiger partial charge in [0.1, 0.15) is 5.82 Å². The van der Waals surface area contributed by atoms with E-state index in [0.29, 0.717) is 11.3 Å². The second kappa shape index (κ2) is 4.69. The monoisotopic (exact) mass is 257 g/mol. The van der Waals surface area contributed by atoms with Crippen molar-refractivity contribution in [3.63, 3.8) is 0 Å². The third-order valence-corrected chi connectivity index (χ3v) is 3.99. The van der Waals surface area contributed by atoms with Crippen LogP contribution in [-0.4, -0.2) is 0 Å². The van der Waals surface area contributed by atoms with Gasteiger partial charge in [0.15, 0.2) is 0 Å². The average Bonchev–Trinajstić information content (AvgIpc) is 2.33. The maximum Gasteiger partial charge on any atom is 0.131 e. The molecule has 0 aliphatic rings. The van der Waals surface area contributed by atoms with Gasteiger partial charge in [-0.05, 0) is 80.1 Å². The summed E-state index contributed by atoms with van der Waals surface area (Å²) in [6.45, 7) is 10.0. The molecule has 0 bridgehead atoms. The van der Waals surface area contributed by atoms with Crippen LogP contribution in [0.2, 0.25) is 0 Å². The molecular formula is C17H20FN. The Morgan fingerprint density at radius 1 is 0.789 bits per heavy atom. The highest BCUT2D eigenvalue weighted by atomic mass is 19.1. The molecular weight excluding hydrogens is 237 g/mol. The zero-order valence-electron chi connectivity index (χ0n) is 12.2. The Morgan fingerprint density at radius 2 is 1.32 bits per heavy atom. The quantitative estimate of drug-likeness (QED) is 0.741. The van der Waals surface area contributed by atoms with E-state index in [1.54, 1.807) is 6.07 Å². The van der Waals surface area contributed by atoms with Crippen molar-refractivity contribution < 1.29 is 4.39 Å². The molecule has 0 atom stereocenters. The van der Waals surface area contributed by atoms with Crippen LogP contribution in [-0.2, 0) is 0 Å². The first-order valence-electron chi connectivity index (χ1n) is 6.46. The van der Waals surface area contributed by atoms with Crippen molar-refractivity contribution in [3.8, 4) is 11.1 Å². The highest BCUT2D eigenvalue weighted by Gasteiger charge is 2.15. The molecule has 2 aromatic rings. The van der Waals surface area contributed by atoms with E-state index in [1.165, 1.54) is 17.2 Å². The van der Waals surface area contributed by atoms with E-state index >= 15 is 0 Å². The molecule has 100 valence electrons. The van der Waals surface area contributed by atoms with E-state index in [2.05, 4.69) is 19.9 Å². The molecule has 0 amide bonds. The molecule has 0 radical (unpaired) electrons. The number of aryl methyl sites for hydroxylation is 3. The Labute approximate surface area is 114 Å². The van der Waals surface area contributed by atoms with Crippen molar-refractivity contribution in [2.24, 2.45) is 0 Å². The van der Waals surface area contributed by atoms with Crippen molar-refractivity contribution in [1.29, 1.82) is 0 Å². The summed E-state index contributed by atoms with van der Waals surface area (Å²) in [5, 5.41) is 0. The minimum Gasteiger partial charge on any atom is -0.398 e. The van der Waals surface area contributed by atoms with Gasteiger partial charge in [0.2, 0.25) is 0 Å². The van der Waals surface area contributed by atoms with Gasteiger partial charge >= 0.3 is 0 Å². The van der Waals surface area contributed by atoms with Gasteiger partial charge in [0, 0.05) is 11.3 Å². The largest absolute Gasteiger partial charge is 0.398 e. The van der Waals surface area contributed by atoms with Gasteiger partial charge in [-0.1, -0.05) is 6.07 Å². The van der Waals surface area contributed by atoms with Crippen molar-refractivity contribution in [2.45, 2.75) is 34.6 Å². The summed E-state index contributed by atoms with van der Waals surface area (Å²) >= 11 is 0. The molecule has 0 unspecified atom stereocenters. The third-order valence-electron chi connectivity index (χ3n) is 3.99. The van der Waals surface area contributed by atoms with Crippen LogP contribution < -0.4 is 5.73 Å². The number of rotatable bonds is 1. The smallest absolute Gasteiger partial charge is 0.131 e. The summed E-state index contributed by atoms with van der Waals surface area (Å²) in [5.74, 6) is -0.206. The van der Waals surface area contributed by atoms with Crippen molar-refractivity contribution >= 4 is 5.69 Å². The van der Waals surface area contributed by atoms with Gasteiger partial charge in [-0.15, -0.1) is 0 Å². The summed E-state index contributed by atoms with van der Waals surface area (Å²) in [5.41, 5.74) is 13.5. The van der Waals surface area contributed by atoms with E-state index in [9.17, 15) is 4.39 Å². The lowest BCUT2D eigenvalue weighted by Crippen LogP contribution is -1.99. The number of halogens is 1. The number of anilines is 1. The maximum absolute atomic E-state index is 14.3. The minimum absolute atomic E-state index is 0.206. The van der Waals surface area contributed by atoms with E-state index < -0.39 is 0 Å². The van der Waals surface area contributed by atoms with Crippen LogP contribution in [0.3, 0.4) is 0 Å². The lowest BCUT2D eigenvalue weighted by molar-refractivity contribution is 0.630. The maximum atomic E-state index is 14.3. The van der Waals surface area contributed by atoms with Crippen LogP contribution >= 0.6 is 0 Å². The van der Waals surface area contributed by atoms with Crippen LogP contribution in [0, 0.1) is 40.4 Å². The molecule has 0 saturated heterocycles. The number of hydrogen-bond acceptors (Lipinski definition) is 1. The van der Waals surface area contributed by atoms with Crippen molar-refractivity contribution in [1.82, 2.24) is 0 Å². The Balaban J connectivity index is 2.83. The summed E-state index contributed by atoms with van der Waals surface area (Å²) < 4.78 is 14.3. The van der Waals surface area contributed by atoms with E-state index in [1.807, 2.05) is 20.8 Å². The SMILES string of the molecule is Cc1cc(F)c(-c2c(C)c(C)cc(C)c2C)cc1N. The Bertz CT molecular complexity index is 631. The molecule has 1 nitrogen and oxygen atoms in total. The van der Waals surface area contributed by atoms with Gasteiger partial charge in [-0.3, -0.25) is 0 Å². The molecule has 2 N–H and O–H groups in total. The highest BCUT2D eigenvalue weighted by molar-refractivity contribution is 5.76. The number of benzene rings is 2. The molecule has 0 spiro atoms. The molecule has 0 aliphatic carbocycles. The predicted octanol–water partition coefficient (Wildman–Crippen LogP) is 4.62. The van der Waals surface area contributed by atoms with Crippen molar-refractivity contribution in [2.75, 3.05) is 5.73 Å². The Kier molecular flexibility index (Phi) is 3.36. The van der Waals surface area contributed by atoms with Crippen LogP contribution in [0.4, 0.5) is 10.1 Å². The first-order valence-corrected chi connectivity index (χ1v) is 6.46. The topological polar surface area (TPSA) is 26.0 Å². The zero-order chi connectivity index (χ0) is 14.3. The summed E-state index contributed by atoms with van der Waals surface area (Å²) in [6.07, 6.45) is 0. The Morgan fingerprint density at radius 3 is 1.84 bits per heavy atom. The van der Waals surface area contributed by atoms with Crippen molar-refractivity contribution in [3.05, 3.63) is 51.8 Å². The fourth-order valence-electron chi connectivity index (χ4n) is 2.50. The molecule has 0 saturated carbocycles. The molecule has 0 fully saturated rings. The zero-order valence-corrected chi connectivity index (χ0v) is 12.2. The molecule has 19 heavy (non-hydrogen) atoms. The summed E-state index contributed by atoms with van der Waals surface area (Å²) in [7, 11) is 0. The van der Waals surface area contributed by atoms with Gasteiger partial charge in [-0.2, -0.15) is 0 Å². The van der Waals surface area contributed by atoms with Gasteiger partial charge in [-0.25, -0.2) is 4.39 Å². The second-order valence-corrected chi connectivity index (χ2v) is 5.32. The Hall–Kier alpha value is -1.83. The molecule has 2 aromatic carbocycles. The molecule has 0 aliphatic heterocycles. The molecule has 2 rings (SSSR count). The second-order valence-electron chi connectivity index (χ2n) is 5.32. The third kappa shape index (κ3) is 2.23. The minimum atomic E-state index is -0.206. The van der Waals surface area contributed by atoms with Gasteiger partial charge in [0.05, 0.1) is 0 Å². The van der Waals surface area contributed by atoms with E-state index in [-0.39, 0.29) is 5.82 Å². The van der Waals surface area contributed by atoms with Gasteiger partial charge < -0.3 is 5.73 Å². The van der Waals surface area contributed by atoms with E-state index in [4.69, 9.17) is 5.73 Å². The normalized spacial score (nSPS) is 10.8. The van der Waals surface area contributed by atoms with Crippen LogP contribution in [0.5, 0.6) is 0 Å².